The maximum absolute atomic E-state index is 12.6. The predicted molar refractivity (Wildman–Crippen MR) is 74.0 cm³/mol. The van der Waals surface area contributed by atoms with Gasteiger partial charge in [0.1, 0.15) is 5.41 Å². The normalized spacial score (nSPS) is 18.4. The molecule has 2 rings (SSSR count). The molecule has 1 saturated heterocycles. The molecule has 0 aliphatic carbocycles. The largest absolute Gasteiger partial charge is 0.331 e. The van der Waals surface area contributed by atoms with Crippen molar-refractivity contribution >= 4 is 29.2 Å². The van der Waals surface area contributed by atoms with Crippen LogP contribution in [0.25, 0.3) is 0 Å². The van der Waals surface area contributed by atoms with E-state index in [4.69, 9.17) is 0 Å². The van der Waals surface area contributed by atoms with Crippen molar-refractivity contribution in [2.24, 2.45) is 5.41 Å². The predicted octanol–water partition coefficient (Wildman–Crippen LogP) is 1.84. The average Bonchev–Trinajstić information content (AvgIpc) is 2.82. The molecule has 0 bridgehead atoms. The highest BCUT2D eigenvalue weighted by Gasteiger charge is 2.51. The number of imide groups is 2. The first-order chi connectivity index (χ1) is 9.44. The maximum Gasteiger partial charge on any atom is 0.331 e. The van der Waals surface area contributed by atoms with Crippen LogP contribution in [0.2, 0.25) is 0 Å². The molecule has 20 heavy (non-hydrogen) atoms. The Morgan fingerprint density at radius 2 is 1.95 bits per heavy atom. The lowest BCUT2D eigenvalue weighted by Gasteiger charge is -2.37. The minimum atomic E-state index is -1.14. The van der Waals surface area contributed by atoms with Crippen LogP contribution in [0.4, 0.5) is 4.79 Å². The first-order valence-electron chi connectivity index (χ1n) is 6.53. The molecule has 0 unspecified atom stereocenters. The number of hydrogen-bond acceptors (Lipinski definition) is 5. The Bertz CT molecular complexity index is 563. The van der Waals surface area contributed by atoms with Crippen molar-refractivity contribution in [2.75, 3.05) is 0 Å². The van der Waals surface area contributed by atoms with Gasteiger partial charge in [0, 0.05) is 5.38 Å². The molecular formula is C13H17N3O3S. The smallest absolute Gasteiger partial charge is 0.277 e. The van der Waals surface area contributed by atoms with Gasteiger partial charge in [-0.3, -0.25) is 19.8 Å². The first kappa shape index (κ1) is 14.6. The van der Waals surface area contributed by atoms with Gasteiger partial charge in [0.25, 0.3) is 0 Å². The fraction of sp³-hybridized carbons (Fsp3) is 0.538. The van der Waals surface area contributed by atoms with Crippen molar-refractivity contribution in [3.05, 3.63) is 16.1 Å². The van der Waals surface area contributed by atoms with Crippen LogP contribution in [-0.2, 0) is 16.1 Å². The molecule has 108 valence electrons. The second kappa shape index (κ2) is 5.32. The standard InChI is InChI=1S/C13H17N3O3S/c1-4-13(5-2)10(17)15-12(19)16(11(13)18)6-9-7-20-8(3)14-9/h7H,4-6H2,1-3H3,(H,15,17,19). The van der Waals surface area contributed by atoms with Crippen molar-refractivity contribution < 1.29 is 14.4 Å². The Morgan fingerprint density at radius 1 is 1.30 bits per heavy atom. The third-order valence-electron chi connectivity index (χ3n) is 3.75. The number of nitrogens with zero attached hydrogens (tertiary/aromatic N) is 2. The zero-order valence-electron chi connectivity index (χ0n) is 11.7. The molecule has 1 aromatic heterocycles. The van der Waals surface area contributed by atoms with Crippen molar-refractivity contribution in [3.63, 3.8) is 0 Å². The highest BCUT2D eigenvalue weighted by atomic mass is 32.1. The summed E-state index contributed by atoms with van der Waals surface area (Å²) in [4.78, 5) is 41.8. The highest BCUT2D eigenvalue weighted by Crippen LogP contribution is 2.33. The second-order valence-electron chi connectivity index (χ2n) is 4.80. The van der Waals surface area contributed by atoms with Gasteiger partial charge < -0.3 is 0 Å². The SMILES string of the molecule is CCC1(CC)C(=O)NC(=O)N(Cc2csc(C)n2)C1=O. The molecule has 1 fully saturated rings. The van der Waals surface area contributed by atoms with Gasteiger partial charge in [-0.1, -0.05) is 13.8 Å². The summed E-state index contributed by atoms with van der Waals surface area (Å²) in [5.41, 5.74) is -0.481. The number of hydrogen-bond donors (Lipinski definition) is 1. The Morgan fingerprint density at radius 3 is 2.45 bits per heavy atom. The van der Waals surface area contributed by atoms with Crippen LogP contribution in [0.1, 0.15) is 37.4 Å². The fourth-order valence-corrected chi connectivity index (χ4v) is 3.00. The topological polar surface area (TPSA) is 79.4 Å². The van der Waals surface area contributed by atoms with Gasteiger partial charge in [0.15, 0.2) is 0 Å². The minimum Gasteiger partial charge on any atom is -0.277 e. The lowest BCUT2D eigenvalue weighted by molar-refractivity contribution is -0.152. The Labute approximate surface area is 121 Å². The van der Waals surface area contributed by atoms with Crippen LogP contribution < -0.4 is 5.32 Å². The summed E-state index contributed by atoms with van der Waals surface area (Å²) in [7, 11) is 0. The zero-order chi connectivity index (χ0) is 14.9. The van der Waals surface area contributed by atoms with Crippen LogP contribution in [0, 0.1) is 12.3 Å². The Balaban J connectivity index is 2.30. The minimum absolute atomic E-state index is 0.101. The quantitative estimate of drug-likeness (QED) is 0.860. The van der Waals surface area contributed by atoms with Gasteiger partial charge in [-0.25, -0.2) is 9.78 Å². The number of barbiturate groups is 1. The van der Waals surface area contributed by atoms with E-state index < -0.39 is 23.3 Å². The number of thiazole rings is 1. The number of urea groups is 1. The molecule has 0 aromatic carbocycles. The number of rotatable bonds is 4. The number of aryl methyl sites for hydroxylation is 1. The molecule has 1 aromatic rings. The monoisotopic (exact) mass is 295 g/mol. The summed E-state index contributed by atoms with van der Waals surface area (Å²) in [5, 5.41) is 4.97. The molecule has 0 atom stereocenters. The summed E-state index contributed by atoms with van der Waals surface area (Å²) < 4.78 is 0. The summed E-state index contributed by atoms with van der Waals surface area (Å²) in [6, 6.07) is -0.664. The van der Waals surface area contributed by atoms with E-state index in [1.165, 1.54) is 11.3 Å². The van der Waals surface area contributed by atoms with E-state index in [2.05, 4.69) is 10.3 Å². The van der Waals surface area contributed by atoms with E-state index in [1.54, 1.807) is 13.8 Å². The summed E-state index contributed by atoms with van der Waals surface area (Å²) in [6.07, 6.45) is 0.738. The lowest BCUT2D eigenvalue weighted by Crippen LogP contribution is -2.63. The molecule has 7 heteroatoms. The van der Waals surface area contributed by atoms with Gasteiger partial charge in [0.2, 0.25) is 11.8 Å². The first-order valence-corrected chi connectivity index (χ1v) is 7.41. The van der Waals surface area contributed by atoms with Crippen molar-refractivity contribution in [3.8, 4) is 0 Å². The van der Waals surface area contributed by atoms with Gasteiger partial charge >= 0.3 is 6.03 Å². The lowest BCUT2D eigenvalue weighted by atomic mass is 9.78. The van der Waals surface area contributed by atoms with Gasteiger partial charge in [0.05, 0.1) is 17.2 Å². The zero-order valence-corrected chi connectivity index (χ0v) is 12.5. The van der Waals surface area contributed by atoms with E-state index in [0.29, 0.717) is 18.5 Å². The van der Waals surface area contributed by atoms with E-state index in [9.17, 15) is 14.4 Å². The van der Waals surface area contributed by atoms with Crippen LogP contribution >= 0.6 is 11.3 Å². The number of nitrogens with one attached hydrogen (secondary N) is 1. The van der Waals surface area contributed by atoms with Crippen molar-refractivity contribution in [2.45, 2.75) is 40.2 Å². The molecule has 0 spiro atoms. The van der Waals surface area contributed by atoms with E-state index in [1.807, 2.05) is 12.3 Å². The number of amides is 4. The van der Waals surface area contributed by atoms with Gasteiger partial charge in [-0.15, -0.1) is 11.3 Å². The van der Waals surface area contributed by atoms with Crippen LogP contribution in [0.3, 0.4) is 0 Å². The Hall–Kier alpha value is -1.76. The van der Waals surface area contributed by atoms with Gasteiger partial charge in [-0.05, 0) is 19.8 Å². The van der Waals surface area contributed by atoms with Crippen molar-refractivity contribution in [1.29, 1.82) is 0 Å². The van der Waals surface area contributed by atoms with Crippen LogP contribution in [-0.4, -0.2) is 27.7 Å². The highest BCUT2D eigenvalue weighted by molar-refractivity contribution is 7.09. The van der Waals surface area contributed by atoms with E-state index in [0.717, 1.165) is 9.91 Å². The molecule has 0 saturated carbocycles. The summed E-state index contributed by atoms with van der Waals surface area (Å²) >= 11 is 1.46. The van der Waals surface area contributed by atoms with E-state index in [-0.39, 0.29) is 6.54 Å². The molecule has 1 N–H and O–H groups in total. The molecule has 0 radical (unpaired) electrons. The third-order valence-corrected chi connectivity index (χ3v) is 4.57. The molecule has 4 amide bonds. The summed E-state index contributed by atoms with van der Waals surface area (Å²) in [5.74, 6) is -0.926. The fourth-order valence-electron chi connectivity index (χ4n) is 2.39. The second-order valence-corrected chi connectivity index (χ2v) is 5.86. The number of carbonyl (C=O) groups is 3. The van der Waals surface area contributed by atoms with E-state index >= 15 is 0 Å². The average molecular weight is 295 g/mol. The maximum atomic E-state index is 12.6. The molecule has 2 heterocycles. The third kappa shape index (κ3) is 2.22. The van der Waals surface area contributed by atoms with Crippen LogP contribution in [0.5, 0.6) is 0 Å². The van der Waals surface area contributed by atoms with Gasteiger partial charge in [-0.2, -0.15) is 0 Å². The molecule has 1 aliphatic rings. The van der Waals surface area contributed by atoms with Crippen molar-refractivity contribution in [1.82, 2.24) is 15.2 Å². The molecule has 1 aliphatic heterocycles. The number of carbonyl (C=O) groups excluding carboxylic acids is 3. The molecule has 6 nitrogen and oxygen atoms in total. The Kier molecular flexibility index (Phi) is 3.89. The number of aromatic nitrogens is 1. The van der Waals surface area contributed by atoms with Crippen LogP contribution in [0.15, 0.2) is 5.38 Å². The molecular weight excluding hydrogens is 278 g/mol. The summed E-state index contributed by atoms with van der Waals surface area (Å²) in [6.45, 7) is 5.52.